The molecule has 3 heterocycles. The fourth-order valence-electron chi connectivity index (χ4n) is 6.24. The number of amides is 3. The fourth-order valence-corrected chi connectivity index (χ4v) is 6.56. The molecule has 8 heteroatoms. The summed E-state index contributed by atoms with van der Waals surface area (Å²) in [5, 5.41) is 17.0. The number of halogens is 1. The Morgan fingerprint density at radius 1 is 1.13 bits per heavy atom. The SMILES string of the molecule is Cc1cc(Cl)c2c(c1)[C@@]1(N[C@@H]([C@@H](C)O)[C@H]3C(=O)N(C4CCCCCC4)C(=O)[C@H]31)C(=O)N2. The molecule has 3 N–H and O–H groups in total. The highest BCUT2D eigenvalue weighted by molar-refractivity contribution is 6.35. The van der Waals surface area contributed by atoms with Gasteiger partial charge in [0.25, 0.3) is 0 Å². The molecule has 0 radical (unpaired) electrons. The average Bonchev–Trinajstić information content (AvgIpc) is 3.18. The number of fused-ring (bicyclic) bond motifs is 4. The van der Waals surface area contributed by atoms with Gasteiger partial charge in [0.05, 0.1) is 28.6 Å². The number of nitrogens with one attached hydrogen (secondary N) is 2. The lowest BCUT2D eigenvalue weighted by atomic mass is 9.76. The van der Waals surface area contributed by atoms with Crippen LogP contribution in [0.5, 0.6) is 0 Å². The minimum absolute atomic E-state index is 0.134. The van der Waals surface area contributed by atoms with Crippen LogP contribution in [0.4, 0.5) is 5.69 Å². The maximum absolute atomic E-state index is 13.8. The van der Waals surface area contributed by atoms with Gasteiger partial charge in [0.1, 0.15) is 5.54 Å². The second-order valence-electron chi connectivity index (χ2n) is 9.54. The highest BCUT2D eigenvalue weighted by Crippen LogP contribution is 2.55. The van der Waals surface area contributed by atoms with E-state index in [0.717, 1.165) is 44.1 Å². The van der Waals surface area contributed by atoms with Crippen molar-refractivity contribution in [1.82, 2.24) is 10.2 Å². The van der Waals surface area contributed by atoms with Crippen LogP contribution in [0.15, 0.2) is 12.1 Å². The quantitative estimate of drug-likeness (QED) is 0.480. The first-order chi connectivity index (χ1) is 14.8. The molecule has 5 atom stereocenters. The van der Waals surface area contributed by atoms with Crippen molar-refractivity contribution in [3.05, 3.63) is 28.3 Å². The number of carbonyl (C=O) groups is 3. The standard InChI is InChI=1S/C23H28ClN3O4/c1-11-9-14-19(15(24)10-11)25-22(31)23(14)17-16(18(26-23)12(2)28)20(29)27(21(17)30)13-7-5-3-4-6-8-13/h9-10,12-13,16-18,26,28H,3-8H2,1-2H3,(H,25,31)/t12-,16+,17+,18+,23+/m1/s1. The normalized spacial score (nSPS) is 34.1. The third-order valence-electron chi connectivity index (χ3n) is 7.60. The number of aliphatic hydroxyl groups is 1. The number of aliphatic hydroxyl groups excluding tert-OH is 1. The lowest BCUT2D eigenvalue weighted by molar-refractivity contribution is -0.146. The zero-order chi connectivity index (χ0) is 22.1. The van der Waals surface area contributed by atoms with Gasteiger partial charge < -0.3 is 10.4 Å². The van der Waals surface area contributed by atoms with Gasteiger partial charge in [-0.3, -0.25) is 24.6 Å². The molecule has 1 spiro atoms. The molecule has 0 aromatic heterocycles. The van der Waals surface area contributed by atoms with Crippen molar-refractivity contribution in [3.63, 3.8) is 0 Å². The molecule has 3 fully saturated rings. The van der Waals surface area contributed by atoms with E-state index in [-0.39, 0.29) is 17.9 Å². The lowest BCUT2D eigenvalue weighted by Gasteiger charge is -2.32. The minimum atomic E-state index is -1.41. The summed E-state index contributed by atoms with van der Waals surface area (Å²) in [4.78, 5) is 42.3. The Kier molecular flexibility index (Phi) is 4.92. The summed E-state index contributed by atoms with van der Waals surface area (Å²) >= 11 is 6.42. The molecule has 3 aliphatic heterocycles. The van der Waals surface area contributed by atoms with Crippen LogP contribution in [-0.4, -0.2) is 45.9 Å². The number of hydrogen-bond acceptors (Lipinski definition) is 5. The molecule has 2 saturated heterocycles. The van der Waals surface area contributed by atoms with Crippen LogP contribution in [0.1, 0.15) is 56.6 Å². The number of imide groups is 1. The van der Waals surface area contributed by atoms with Crippen LogP contribution in [0.2, 0.25) is 5.02 Å². The highest BCUT2D eigenvalue weighted by Gasteiger charge is 2.71. The Balaban J connectivity index is 1.65. The molecule has 1 aromatic carbocycles. The smallest absolute Gasteiger partial charge is 0.250 e. The van der Waals surface area contributed by atoms with E-state index in [2.05, 4.69) is 10.6 Å². The third kappa shape index (κ3) is 2.82. The number of carbonyl (C=O) groups excluding carboxylic acids is 3. The van der Waals surface area contributed by atoms with Crippen molar-refractivity contribution in [1.29, 1.82) is 0 Å². The van der Waals surface area contributed by atoms with Crippen LogP contribution < -0.4 is 10.6 Å². The highest BCUT2D eigenvalue weighted by atomic mass is 35.5. The summed E-state index contributed by atoms with van der Waals surface area (Å²) in [7, 11) is 0. The Morgan fingerprint density at radius 3 is 2.45 bits per heavy atom. The summed E-state index contributed by atoms with van der Waals surface area (Å²) in [6.45, 7) is 3.47. The van der Waals surface area contributed by atoms with Crippen molar-refractivity contribution in [2.45, 2.75) is 76.1 Å². The molecule has 1 saturated carbocycles. The Labute approximate surface area is 186 Å². The molecular formula is C23H28ClN3O4. The van der Waals surface area contributed by atoms with Gasteiger partial charge in [-0.05, 0) is 38.3 Å². The van der Waals surface area contributed by atoms with Crippen LogP contribution in [0.25, 0.3) is 0 Å². The molecule has 4 aliphatic rings. The van der Waals surface area contributed by atoms with Crippen molar-refractivity contribution in [2.75, 3.05) is 5.32 Å². The van der Waals surface area contributed by atoms with Crippen LogP contribution in [0.3, 0.4) is 0 Å². The van der Waals surface area contributed by atoms with E-state index >= 15 is 0 Å². The van der Waals surface area contributed by atoms with E-state index in [1.54, 1.807) is 13.0 Å². The molecular weight excluding hydrogens is 418 g/mol. The van der Waals surface area contributed by atoms with Crippen molar-refractivity contribution < 1.29 is 19.5 Å². The predicted octanol–water partition coefficient (Wildman–Crippen LogP) is 2.47. The summed E-state index contributed by atoms with van der Waals surface area (Å²) in [6.07, 6.45) is 4.87. The fraction of sp³-hybridized carbons (Fsp3) is 0.609. The third-order valence-corrected chi connectivity index (χ3v) is 7.90. The average molecular weight is 446 g/mol. The van der Waals surface area contributed by atoms with E-state index in [9.17, 15) is 19.5 Å². The summed E-state index contributed by atoms with van der Waals surface area (Å²) in [5.41, 5.74) is 0.507. The first-order valence-corrected chi connectivity index (χ1v) is 11.6. The first kappa shape index (κ1) is 20.9. The summed E-state index contributed by atoms with van der Waals surface area (Å²) in [5.74, 6) is -2.65. The maximum Gasteiger partial charge on any atom is 0.250 e. The molecule has 31 heavy (non-hydrogen) atoms. The lowest BCUT2D eigenvalue weighted by Crippen LogP contribution is -2.55. The molecule has 0 unspecified atom stereocenters. The second kappa shape index (κ2) is 7.29. The number of anilines is 1. The van der Waals surface area contributed by atoms with E-state index < -0.39 is 35.4 Å². The zero-order valence-corrected chi connectivity index (χ0v) is 18.5. The number of hydrogen-bond donors (Lipinski definition) is 3. The van der Waals surface area contributed by atoms with Crippen molar-refractivity contribution >= 4 is 35.0 Å². The molecule has 0 bridgehead atoms. The van der Waals surface area contributed by atoms with Gasteiger partial charge in [-0.2, -0.15) is 0 Å². The molecule has 1 aromatic rings. The molecule has 5 rings (SSSR count). The number of rotatable bonds is 2. The van der Waals surface area contributed by atoms with Gasteiger partial charge in [-0.1, -0.05) is 43.4 Å². The zero-order valence-electron chi connectivity index (χ0n) is 17.8. The summed E-state index contributed by atoms with van der Waals surface area (Å²) < 4.78 is 0. The number of benzene rings is 1. The minimum Gasteiger partial charge on any atom is -0.392 e. The van der Waals surface area contributed by atoms with Gasteiger partial charge in [0.2, 0.25) is 17.7 Å². The van der Waals surface area contributed by atoms with Crippen LogP contribution in [0, 0.1) is 18.8 Å². The molecule has 3 amide bonds. The Hall–Kier alpha value is -1.96. The number of likely N-dealkylation sites (tertiary alicyclic amines) is 1. The van der Waals surface area contributed by atoms with Crippen molar-refractivity contribution in [2.24, 2.45) is 11.8 Å². The Bertz CT molecular complexity index is 972. The van der Waals surface area contributed by atoms with Gasteiger partial charge >= 0.3 is 0 Å². The monoisotopic (exact) mass is 445 g/mol. The topological polar surface area (TPSA) is 98.7 Å². The molecule has 7 nitrogen and oxygen atoms in total. The van der Waals surface area contributed by atoms with E-state index in [1.165, 1.54) is 4.90 Å². The number of aryl methyl sites for hydroxylation is 1. The van der Waals surface area contributed by atoms with E-state index in [4.69, 9.17) is 11.6 Å². The van der Waals surface area contributed by atoms with Gasteiger partial charge in [-0.15, -0.1) is 0 Å². The van der Waals surface area contributed by atoms with Crippen LogP contribution in [-0.2, 0) is 19.9 Å². The van der Waals surface area contributed by atoms with Crippen LogP contribution >= 0.6 is 11.6 Å². The maximum atomic E-state index is 13.8. The first-order valence-electron chi connectivity index (χ1n) is 11.2. The van der Waals surface area contributed by atoms with Gasteiger partial charge in [-0.25, -0.2) is 0 Å². The second-order valence-corrected chi connectivity index (χ2v) is 9.94. The van der Waals surface area contributed by atoms with E-state index in [1.807, 2.05) is 13.0 Å². The van der Waals surface area contributed by atoms with Gasteiger partial charge in [0, 0.05) is 17.6 Å². The predicted molar refractivity (Wildman–Crippen MR) is 115 cm³/mol. The largest absolute Gasteiger partial charge is 0.392 e. The van der Waals surface area contributed by atoms with Crippen molar-refractivity contribution in [3.8, 4) is 0 Å². The molecule has 166 valence electrons. The summed E-state index contributed by atoms with van der Waals surface area (Å²) in [6, 6.07) is 2.77. The van der Waals surface area contributed by atoms with E-state index in [0.29, 0.717) is 16.3 Å². The number of nitrogens with zero attached hydrogens (tertiary/aromatic N) is 1. The van der Waals surface area contributed by atoms with Gasteiger partial charge in [0.15, 0.2) is 0 Å². The molecule has 1 aliphatic carbocycles. The Morgan fingerprint density at radius 2 is 1.81 bits per heavy atom.